The number of carbonyl (C=O) groups excluding carboxylic acids is 1. The molecule has 0 bridgehead atoms. The molecule has 5 rings (SSSR count). The molecule has 7 nitrogen and oxygen atoms in total. The van der Waals surface area contributed by atoms with Crippen LogP contribution in [0.25, 0.3) is 11.1 Å². The predicted octanol–water partition coefficient (Wildman–Crippen LogP) is 3.59. The molecule has 1 unspecified atom stereocenters. The molecule has 2 aromatic rings. The third-order valence-electron chi connectivity index (χ3n) is 7.07. The average Bonchev–Trinajstić information content (AvgIpc) is 2.80. The van der Waals surface area contributed by atoms with Crippen LogP contribution < -0.4 is 19.8 Å². The van der Waals surface area contributed by atoms with E-state index in [1.54, 1.807) is 18.2 Å². The second kappa shape index (κ2) is 8.33. The number of benzene rings is 2. The van der Waals surface area contributed by atoms with Crippen LogP contribution >= 0.6 is 0 Å². The van der Waals surface area contributed by atoms with Gasteiger partial charge in [0.05, 0.1) is 12.8 Å². The summed E-state index contributed by atoms with van der Waals surface area (Å²) < 4.78 is 26.7. The first-order valence-electron chi connectivity index (χ1n) is 11.4. The number of piperidine rings is 1. The van der Waals surface area contributed by atoms with Gasteiger partial charge in [0, 0.05) is 12.1 Å². The number of carbonyl (C=O) groups is 1. The van der Waals surface area contributed by atoms with Gasteiger partial charge in [0.1, 0.15) is 18.4 Å². The molecule has 1 amide bonds. The van der Waals surface area contributed by atoms with Gasteiger partial charge in [-0.1, -0.05) is 19.1 Å². The zero-order valence-electron chi connectivity index (χ0n) is 19.4. The highest BCUT2D eigenvalue weighted by molar-refractivity contribution is 6.09. The summed E-state index contributed by atoms with van der Waals surface area (Å²) in [6.45, 7) is 6.27. The van der Waals surface area contributed by atoms with Crippen LogP contribution in [0.5, 0.6) is 11.5 Å². The number of hydrazone groups is 1. The smallest absolute Gasteiger partial charge is 0.262 e. The summed E-state index contributed by atoms with van der Waals surface area (Å²) in [7, 11) is 3.61. The van der Waals surface area contributed by atoms with Crippen LogP contribution in [0.4, 0.5) is 10.1 Å². The van der Waals surface area contributed by atoms with E-state index < -0.39 is 6.04 Å². The maximum Gasteiger partial charge on any atom is 0.262 e. The standard InChI is InChI=1S/C25H29FN4O3/c1-14-12-29(3)9-8-16(14)18-10-20-22(33-13-23-27-28-25(31)15(2)30(20)23)11-19(18)17-6-5-7-21(32-4)24(17)26/h5-7,10-11,14-16H,8-9,12-13H2,1-4H3,(H,28,31)/t14-,15?,16+/m0/s1. The van der Waals surface area contributed by atoms with Crippen molar-refractivity contribution in [2.75, 3.05) is 38.8 Å². The zero-order valence-corrected chi connectivity index (χ0v) is 19.4. The number of amidine groups is 1. The lowest BCUT2D eigenvalue weighted by molar-refractivity contribution is -0.122. The van der Waals surface area contributed by atoms with Gasteiger partial charge in [-0.05, 0) is 68.1 Å². The fourth-order valence-electron chi connectivity index (χ4n) is 5.32. The minimum atomic E-state index is -0.415. The van der Waals surface area contributed by atoms with Crippen molar-refractivity contribution < 1.29 is 18.7 Å². The number of nitrogens with zero attached hydrogens (tertiary/aromatic N) is 3. The minimum absolute atomic E-state index is 0.163. The Labute approximate surface area is 193 Å². The van der Waals surface area contributed by atoms with Crippen molar-refractivity contribution in [3.63, 3.8) is 0 Å². The van der Waals surface area contributed by atoms with Crippen molar-refractivity contribution in [2.45, 2.75) is 32.2 Å². The molecule has 0 aromatic heterocycles. The number of nitrogens with one attached hydrogen (secondary N) is 1. The molecule has 1 saturated heterocycles. The van der Waals surface area contributed by atoms with E-state index in [0.717, 1.165) is 36.3 Å². The maximum atomic E-state index is 15.4. The Hall–Kier alpha value is -3.13. The minimum Gasteiger partial charge on any atom is -0.494 e. The number of rotatable bonds is 3. The molecule has 0 saturated carbocycles. The van der Waals surface area contributed by atoms with E-state index in [2.05, 4.69) is 35.5 Å². The number of fused-ring (bicyclic) bond motifs is 3. The Balaban J connectivity index is 1.71. The lowest BCUT2D eigenvalue weighted by atomic mass is 9.78. The number of methoxy groups -OCH3 is 1. The molecule has 3 aliphatic heterocycles. The summed E-state index contributed by atoms with van der Waals surface area (Å²) >= 11 is 0. The molecule has 0 radical (unpaired) electrons. The monoisotopic (exact) mass is 452 g/mol. The number of amides is 1. The Morgan fingerprint density at radius 2 is 2.06 bits per heavy atom. The van der Waals surface area contributed by atoms with Gasteiger partial charge in [-0.15, -0.1) is 0 Å². The molecule has 33 heavy (non-hydrogen) atoms. The molecular weight excluding hydrogens is 423 g/mol. The first-order chi connectivity index (χ1) is 15.9. The summed E-state index contributed by atoms with van der Waals surface area (Å²) in [6.07, 6.45) is 0.965. The Bertz CT molecular complexity index is 1130. The number of hydrogen-bond acceptors (Lipinski definition) is 6. The number of halogens is 1. The fourth-order valence-corrected chi connectivity index (χ4v) is 5.32. The van der Waals surface area contributed by atoms with E-state index in [1.165, 1.54) is 7.11 Å². The largest absolute Gasteiger partial charge is 0.494 e. The molecule has 1 N–H and O–H groups in total. The van der Waals surface area contributed by atoms with Gasteiger partial charge in [-0.25, -0.2) is 9.82 Å². The van der Waals surface area contributed by atoms with E-state index >= 15 is 4.39 Å². The van der Waals surface area contributed by atoms with Gasteiger partial charge in [-0.2, -0.15) is 5.10 Å². The molecule has 3 heterocycles. The molecule has 3 aliphatic rings. The quantitative estimate of drug-likeness (QED) is 0.771. The van der Waals surface area contributed by atoms with Crippen molar-refractivity contribution in [1.82, 2.24) is 10.3 Å². The van der Waals surface area contributed by atoms with Gasteiger partial charge in [0.2, 0.25) is 0 Å². The van der Waals surface area contributed by atoms with Crippen molar-refractivity contribution in [1.29, 1.82) is 0 Å². The number of anilines is 1. The Morgan fingerprint density at radius 3 is 2.82 bits per heavy atom. The topological polar surface area (TPSA) is 66.4 Å². The number of likely N-dealkylation sites (tertiary alicyclic amines) is 1. The van der Waals surface area contributed by atoms with Crippen molar-refractivity contribution >= 4 is 17.4 Å². The van der Waals surface area contributed by atoms with Crippen molar-refractivity contribution in [3.05, 3.63) is 41.7 Å². The van der Waals surface area contributed by atoms with Gasteiger partial charge in [0.15, 0.2) is 17.4 Å². The molecule has 0 spiro atoms. The summed E-state index contributed by atoms with van der Waals surface area (Å²) in [4.78, 5) is 16.6. The van der Waals surface area contributed by atoms with Gasteiger partial charge < -0.3 is 19.3 Å². The molecule has 174 valence electrons. The second-order valence-corrected chi connectivity index (χ2v) is 9.20. The van der Waals surface area contributed by atoms with Crippen molar-refractivity contribution in [3.8, 4) is 22.6 Å². The van der Waals surface area contributed by atoms with Crippen LogP contribution in [-0.4, -0.2) is 56.5 Å². The van der Waals surface area contributed by atoms with Crippen molar-refractivity contribution in [2.24, 2.45) is 11.0 Å². The predicted molar refractivity (Wildman–Crippen MR) is 125 cm³/mol. The fraction of sp³-hybridized carbons (Fsp3) is 0.440. The highest BCUT2D eigenvalue weighted by Crippen LogP contribution is 2.46. The Morgan fingerprint density at radius 1 is 1.24 bits per heavy atom. The molecular formula is C25H29FN4O3. The zero-order chi connectivity index (χ0) is 23.3. The average molecular weight is 453 g/mol. The number of ether oxygens (including phenoxy) is 2. The molecule has 0 aliphatic carbocycles. The van der Waals surface area contributed by atoms with Crippen LogP contribution in [0.3, 0.4) is 0 Å². The second-order valence-electron chi connectivity index (χ2n) is 9.20. The lowest BCUT2D eigenvalue weighted by Crippen LogP contribution is -2.55. The van der Waals surface area contributed by atoms with Crippen LogP contribution in [0, 0.1) is 11.7 Å². The summed E-state index contributed by atoms with van der Waals surface area (Å²) in [5.41, 5.74) is 5.73. The Kier molecular flexibility index (Phi) is 5.48. The highest BCUT2D eigenvalue weighted by Gasteiger charge is 2.37. The highest BCUT2D eigenvalue weighted by atomic mass is 19.1. The van der Waals surface area contributed by atoms with Gasteiger partial charge in [0.25, 0.3) is 5.91 Å². The number of hydrogen-bond donors (Lipinski definition) is 1. The van der Waals surface area contributed by atoms with Crippen LogP contribution in [0.15, 0.2) is 35.4 Å². The van der Waals surface area contributed by atoms with Gasteiger partial charge in [-0.3, -0.25) is 4.79 Å². The van der Waals surface area contributed by atoms with Crippen LogP contribution in [0.2, 0.25) is 0 Å². The normalized spacial score (nSPS) is 24.9. The summed E-state index contributed by atoms with van der Waals surface area (Å²) in [6, 6.07) is 8.81. The molecule has 2 aromatic carbocycles. The first-order valence-corrected chi connectivity index (χ1v) is 11.4. The lowest BCUT2D eigenvalue weighted by Gasteiger charge is -2.40. The van der Waals surface area contributed by atoms with E-state index in [9.17, 15) is 4.79 Å². The summed E-state index contributed by atoms with van der Waals surface area (Å²) in [5, 5.41) is 4.20. The third kappa shape index (κ3) is 3.62. The van der Waals surface area contributed by atoms with Crippen LogP contribution in [0.1, 0.15) is 31.7 Å². The van der Waals surface area contributed by atoms with E-state index in [4.69, 9.17) is 9.47 Å². The van der Waals surface area contributed by atoms with E-state index in [-0.39, 0.29) is 30.0 Å². The van der Waals surface area contributed by atoms with E-state index in [1.807, 2.05) is 17.9 Å². The molecule has 1 fully saturated rings. The SMILES string of the molecule is COc1cccc(-c2cc3c(cc2[C@@H]2CCN(C)C[C@@H]2C)N2C(=NNC(=O)C2C)CO3)c1F. The van der Waals surface area contributed by atoms with Crippen LogP contribution in [-0.2, 0) is 4.79 Å². The third-order valence-corrected chi connectivity index (χ3v) is 7.07. The maximum absolute atomic E-state index is 15.4. The molecule has 8 heteroatoms. The first kappa shape index (κ1) is 21.7. The van der Waals surface area contributed by atoms with Gasteiger partial charge >= 0.3 is 0 Å². The molecule has 3 atom stereocenters. The van der Waals surface area contributed by atoms with E-state index in [0.29, 0.717) is 23.1 Å². The summed E-state index contributed by atoms with van der Waals surface area (Å²) in [5.74, 6) is 1.57.